The molecule has 0 aromatic heterocycles. The van der Waals surface area contributed by atoms with Gasteiger partial charge in [0.05, 0.1) is 12.6 Å². The summed E-state index contributed by atoms with van der Waals surface area (Å²) in [6.07, 6.45) is 3.68. The number of ether oxygens (including phenoxy) is 1. The number of aliphatic imine (C=N–C) groups is 1. The van der Waals surface area contributed by atoms with E-state index < -0.39 is 0 Å². The number of piperidine rings is 1. The van der Waals surface area contributed by atoms with Gasteiger partial charge in [0.2, 0.25) is 0 Å². The molecule has 1 fully saturated rings. The predicted molar refractivity (Wildman–Crippen MR) is 85.0 cm³/mol. The minimum absolute atomic E-state index is 0.170. The normalized spacial score (nSPS) is 22.4. The van der Waals surface area contributed by atoms with Gasteiger partial charge in [-0.05, 0) is 46.2 Å². The average Bonchev–Trinajstić information content (AvgIpc) is 2.41. The highest BCUT2D eigenvalue weighted by Crippen LogP contribution is 2.15. The molecule has 2 atom stereocenters. The molecule has 2 unspecified atom stereocenters. The van der Waals surface area contributed by atoms with Gasteiger partial charge in [-0.1, -0.05) is 6.92 Å². The first-order valence-corrected chi connectivity index (χ1v) is 7.84. The summed E-state index contributed by atoms with van der Waals surface area (Å²) in [5, 5.41) is 0. The quantitative estimate of drug-likeness (QED) is 0.567. The molecule has 2 N–H and O–H groups in total. The van der Waals surface area contributed by atoms with Crippen LogP contribution in [0.15, 0.2) is 4.99 Å². The first kappa shape index (κ1) is 17.2. The van der Waals surface area contributed by atoms with Crippen LogP contribution in [0.2, 0.25) is 0 Å². The molecule has 5 heteroatoms. The van der Waals surface area contributed by atoms with E-state index in [-0.39, 0.29) is 6.10 Å². The molecule has 1 aliphatic heterocycles. The van der Waals surface area contributed by atoms with Crippen molar-refractivity contribution in [3.63, 3.8) is 0 Å². The molecular weight excluding hydrogens is 252 g/mol. The Bertz CT molecular complexity index is 294. The van der Waals surface area contributed by atoms with Gasteiger partial charge in [0, 0.05) is 26.2 Å². The SMILES string of the molecule is CCOC(CCN(C)C)CN=C(N)N1CCCC(C)C1. The number of rotatable bonds is 7. The number of guanidine groups is 1. The molecule has 1 heterocycles. The van der Waals surface area contributed by atoms with E-state index in [9.17, 15) is 0 Å². The lowest BCUT2D eigenvalue weighted by Gasteiger charge is -2.31. The fourth-order valence-corrected chi connectivity index (χ4v) is 2.56. The fourth-order valence-electron chi connectivity index (χ4n) is 2.56. The minimum Gasteiger partial charge on any atom is -0.377 e. The van der Waals surface area contributed by atoms with Crippen molar-refractivity contribution in [3.8, 4) is 0 Å². The van der Waals surface area contributed by atoms with Gasteiger partial charge in [-0.25, -0.2) is 0 Å². The second-order valence-electron chi connectivity index (χ2n) is 6.06. The van der Waals surface area contributed by atoms with Crippen molar-refractivity contribution >= 4 is 5.96 Å². The third-order valence-electron chi connectivity index (χ3n) is 3.74. The Morgan fingerprint density at radius 1 is 1.50 bits per heavy atom. The fraction of sp³-hybridized carbons (Fsp3) is 0.933. The standard InChI is InChI=1S/C15H32N4O/c1-5-20-14(8-10-18(3)4)11-17-15(16)19-9-6-7-13(2)12-19/h13-14H,5-12H2,1-4H3,(H2,16,17). The highest BCUT2D eigenvalue weighted by molar-refractivity contribution is 5.78. The Morgan fingerprint density at radius 2 is 2.25 bits per heavy atom. The monoisotopic (exact) mass is 284 g/mol. The van der Waals surface area contributed by atoms with Crippen LogP contribution in [0.5, 0.6) is 0 Å². The first-order valence-electron chi connectivity index (χ1n) is 7.84. The molecule has 0 amide bonds. The molecule has 5 nitrogen and oxygen atoms in total. The molecule has 118 valence electrons. The summed E-state index contributed by atoms with van der Waals surface area (Å²) in [5.41, 5.74) is 6.12. The molecule has 1 saturated heterocycles. The maximum absolute atomic E-state index is 6.12. The van der Waals surface area contributed by atoms with Crippen molar-refractivity contribution in [2.24, 2.45) is 16.6 Å². The van der Waals surface area contributed by atoms with Crippen molar-refractivity contribution in [1.29, 1.82) is 0 Å². The van der Waals surface area contributed by atoms with E-state index in [1.165, 1.54) is 12.8 Å². The summed E-state index contributed by atoms with van der Waals surface area (Å²) in [6.45, 7) is 8.79. The van der Waals surface area contributed by atoms with Crippen LogP contribution in [-0.2, 0) is 4.74 Å². The Hall–Kier alpha value is -0.810. The molecule has 20 heavy (non-hydrogen) atoms. The Morgan fingerprint density at radius 3 is 2.85 bits per heavy atom. The van der Waals surface area contributed by atoms with Crippen molar-refractivity contribution < 1.29 is 4.74 Å². The second-order valence-corrected chi connectivity index (χ2v) is 6.06. The summed E-state index contributed by atoms with van der Waals surface area (Å²) in [4.78, 5) is 8.94. The highest BCUT2D eigenvalue weighted by Gasteiger charge is 2.18. The zero-order valence-electron chi connectivity index (χ0n) is 13.6. The third kappa shape index (κ3) is 6.57. The van der Waals surface area contributed by atoms with Gasteiger partial charge in [0.1, 0.15) is 0 Å². The van der Waals surface area contributed by atoms with Gasteiger partial charge < -0.3 is 20.3 Å². The van der Waals surface area contributed by atoms with E-state index >= 15 is 0 Å². The lowest BCUT2D eigenvalue weighted by Crippen LogP contribution is -2.44. The van der Waals surface area contributed by atoms with Gasteiger partial charge in [-0.15, -0.1) is 0 Å². The highest BCUT2D eigenvalue weighted by atomic mass is 16.5. The van der Waals surface area contributed by atoms with E-state index in [4.69, 9.17) is 10.5 Å². The molecular formula is C15H32N4O. The summed E-state index contributed by atoms with van der Waals surface area (Å²) in [7, 11) is 4.16. The summed E-state index contributed by atoms with van der Waals surface area (Å²) in [5.74, 6) is 1.40. The number of hydrogen-bond acceptors (Lipinski definition) is 3. The van der Waals surface area contributed by atoms with Crippen LogP contribution in [0.1, 0.15) is 33.1 Å². The van der Waals surface area contributed by atoms with Crippen LogP contribution >= 0.6 is 0 Å². The topological polar surface area (TPSA) is 54.1 Å². The van der Waals surface area contributed by atoms with Crippen molar-refractivity contribution in [2.75, 3.05) is 46.9 Å². The van der Waals surface area contributed by atoms with Crippen LogP contribution in [0.25, 0.3) is 0 Å². The smallest absolute Gasteiger partial charge is 0.191 e. The van der Waals surface area contributed by atoms with E-state index in [2.05, 4.69) is 35.8 Å². The van der Waals surface area contributed by atoms with Gasteiger partial charge in [-0.3, -0.25) is 4.99 Å². The van der Waals surface area contributed by atoms with Gasteiger partial charge in [0.25, 0.3) is 0 Å². The largest absolute Gasteiger partial charge is 0.377 e. The first-order chi connectivity index (χ1) is 9.52. The molecule has 0 spiro atoms. The maximum Gasteiger partial charge on any atom is 0.191 e. The zero-order valence-corrected chi connectivity index (χ0v) is 13.6. The Kier molecular flexibility index (Phi) is 7.92. The van der Waals surface area contributed by atoms with Crippen molar-refractivity contribution in [2.45, 2.75) is 39.2 Å². The van der Waals surface area contributed by atoms with Gasteiger partial charge >= 0.3 is 0 Å². The minimum atomic E-state index is 0.170. The summed E-state index contributed by atoms with van der Waals surface area (Å²) < 4.78 is 5.74. The van der Waals surface area contributed by atoms with E-state index in [1.807, 2.05) is 6.92 Å². The molecule has 0 bridgehead atoms. The molecule has 0 saturated carbocycles. The molecule has 0 aliphatic carbocycles. The van der Waals surface area contributed by atoms with Crippen LogP contribution in [0, 0.1) is 5.92 Å². The molecule has 0 radical (unpaired) electrons. The van der Waals surface area contributed by atoms with Crippen LogP contribution in [-0.4, -0.2) is 68.7 Å². The van der Waals surface area contributed by atoms with E-state index in [0.717, 1.165) is 32.7 Å². The Labute approximate surface area is 124 Å². The number of hydrogen-bond donors (Lipinski definition) is 1. The zero-order chi connectivity index (χ0) is 15.0. The molecule has 1 aliphatic rings. The molecule has 0 aromatic carbocycles. The average molecular weight is 284 g/mol. The lowest BCUT2D eigenvalue weighted by atomic mass is 10.0. The maximum atomic E-state index is 6.12. The third-order valence-corrected chi connectivity index (χ3v) is 3.74. The van der Waals surface area contributed by atoms with Crippen LogP contribution in [0.3, 0.4) is 0 Å². The lowest BCUT2D eigenvalue weighted by molar-refractivity contribution is 0.0580. The van der Waals surface area contributed by atoms with E-state index in [1.54, 1.807) is 0 Å². The van der Waals surface area contributed by atoms with Crippen molar-refractivity contribution in [1.82, 2.24) is 9.80 Å². The predicted octanol–water partition coefficient (Wildman–Crippen LogP) is 1.39. The van der Waals surface area contributed by atoms with Gasteiger partial charge in [-0.2, -0.15) is 0 Å². The second kappa shape index (κ2) is 9.19. The van der Waals surface area contributed by atoms with Crippen molar-refractivity contribution in [3.05, 3.63) is 0 Å². The number of nitrogens with two attached hydrogens (primary N) is 1. The van der Waals surface area contributed by atoms with E-state index in [0.29, 0.717) is 18.4 Å². The van der Waals surface area contributed by atoms with Gasteiger partial charge in [0.15, 0.2) is 5.96 Å². The summed E-state index contributed by atoms with van der Waals surface area (Å²) >= 11 is 0. The number of nitrogens with zero attached hydrogens (tertiary/aromatic N) is 3. The Balaban J connectivity index is 2.43. The molecule has 1 rings (SSSR count). The summed E-state index contributed by atoms with van der Waals surface area (Å²) in [6, 6.07) is 0. The van der Waals surface area contributed by atoms with Crippen LogP contribution in [0.4, 0.5) is 0 Å². The molecule has 0 aromatic rings. The number of likely N-dealkylation sites (tertiary alicyclic amines) is 1. The van der Waals surface area contributed by atoms with Crippen LogP contribution < -0.4 is 5.73 Å².